The third kappa shape index (κ3) is 4.23. The molecule has 19 heavy (non-hydrogen) atoms. The third-order valence-corrected chi connectivity index (χ3v) is 3.26. The van der Waals surface area contributed by atoms with Gasteiger partial charge in [-0.25, -0.2) is 0 Å². The zero-order valence-corrected chi connectivity index (χ0v) is 11.8. The fourth-order valence-corrected chi connectivity index (χ4v) is 2.11. The minimum absolute atomic E-state index is 0.678. The molecule has 1 heterocycles. The maximum atomic E-state index is 5.95. The Morgan fingerprint density at radius 2 is 2.11 bits per heavy atom. The first-order valence-electron chi connectivity index (χ1n) is 6.27. The van der Waals surface area contributed by atoms with Crippen molar-refractivity contribution in [2.24, 2.45) is 0 Å². The minimum atomic E-state index is 0.678. The van der Waals surface area contributed by atoms with E-state index in [-0.39, 0.29) is 0 Å². The lowest BCUT2D eigenvalue weighted by atomic mass is 10.1. The van der Waals surface area contributed by atoms with Gasteiger partial charge in [-0.05, 0) is 36.9 Å². The van der Waals surface area contributed by atoms with E-state index in [1.807, 2.05) is 36.5 Å². The van der Waals surface area contributed by atoms with E-state index in [4.69, 9.17) is 17.3 Å². The van der Waals surface area contributed by atoms with Crippen LogP contribution >= 0.6 is 11.6 Å². The van der Waals surface area contributed by atoms with E-state index >= 15 is 0 Å². The Labute approximate surface area is 119 Å². The Bertz CT molecular complexity index is 528. The van der Waals surface area contributed by atoms with Gasteiger partial charge in [0.25, 0.3) is 0 Å². The first kappa shape index (κ1) is 13.8. The van der Waals surface area contributed by atoms with Crippen molar-refractivity contribution in [3.8, 4) is 0 Å². The van der Waals surface area contributed by atoms with Crippen molar-refractivity contribution in [3.63, 3.8) is 0 Å². The van der Waals surface area contributed by atoms with Gasteiger partial charge in [-0.2, -0.15) is 0 Å². The zero-order chi connectivity index (χ0) is 13.7. The summed E-state index contributed by atoms with van der Waals surface area (Å²) in [6.07, 6.45) is 2.76. The molecule has 0 bridgehead atoms. The summed E-state index contributed by atoms with van der Waals surface area (Å²) in [5.41, 5.74) is 8.92. The molecule has 2 rings (SSSR count). The second kappa shape index (κ2) is 6.55. The highest BCUT2D eigenvalue weighted by atomic mass is 35.5. The predicted octanol–water partition coefficient (Wildman–Crippen LogP) is 2.99. The number of likely N-dealkylation sites (N-methyl/N-ethyl adjacent to an activating group) is 1. The summed E-state index contributed by atoms with van der Waals surface area (Å²) < 4.78 is 0. The van der Waals surface area contributed by atoms with Crippen molar-refractivity contribution in [2.45, 2.75) is 13.0 Å². The first-order chi connectivity index (χ1) is 9.15. The van der Waals surface area contributed by atoms with Gasteiger partial charge in [0.05, 0.1) is 0 Å². The SMILES string of the molecule is CN(CCc1ccccn1)Cc1ccc(Cl)cc1N. The van der Waals surface area contributed by atoms with Crippen molar-refractivity contribution in [3.05, 3.63) is 58.9 Å². The maximum absolute atomic E-state index is 5.95. The minimum Gasteiger partial charge on any atom is -0.398 e. The Morgan fingerprint density at radius 1 is 1.26 bits per heavy atom. The van der Waals surface area contributed by atoms with E-state index in [9.17, 15) is 0 Å². The molecule has 0 saturated heterocycles. The van der Waals surface area contributed by atoms with Crippen molar-refractivity contribution in [1.29, 1.82) is 0 Å². The van der Waals surface area contributed by atoms with Gasteiger partial charge >= 0.3 is 0 Å². The number of pyridine rings is 1. The number of hydrogen-bond donors (Lipinski definition) is 1. The summed E-state index contributed by atoms with van der Waals surface area (Å²) in [7, 11) is 2.08. The Hall–Kier alpha value is -1.58. The van der Waals surface area contributed by atoms with Gasteiger partial charge in [-0.1, -0.05) is 23.7 Å². The highest BCUT2D eigenvalue weighted by Crippen LogP contribution is 2.19. The van der Waals surface area contributed by atoms with Crippen molar-refractivity contribution in [2.75, 3.05) is 19.3 Å². The normalized spacial score (nSPS) is 10.9. The van der Waals surface area contributed by atoms with Gasteiger partial charge in [0.2, 0.25) is 0 Å². The Kier molecular flexibility index (Phi) is 4.77. The van der Waals surface area contributed by atoms with E-state index in [1.165, 1.54) is 0 Å². The van der Waals surface area contributed by atoms with Gasteiger partial charge in [0, 0.05) is 42.1 Å². The molecular formula is C15H18ClN3. The number of benzene rings is 1. The quantitative estimate of drug-likeness (QED) is 0.853. The molecule has 1 aromatic heterocycles. The predicted molar refractivity (Wildman–Crippen MR) is 80.1 cm³/mol. The maximum Gasteiger partial charge on any atom is 0.0426 e. The van der Waals surface area contributed by atoms with Crippen molar-refractivity contribution >= 4 is 17.3 Å². The number of anilines is 1. The number of rotatable bonds is 5. The van der Waals surface area contributed by atoms with Crippen LogP contribution in [0.5, 0.6) is 0 Å². The highest BCUT2D eigenvalue weighted by molar-refractivity contribution is 6.30. The lowest BCUT2D eigenvalue weighted by molar-refractivity contribution is 0.330. The van der Waals surface area contributed by atoms with Crippen LogP contribution in [0.2, 0.25) is 5.02 Å². The van der Waals surface area contributed by atoms with Crippen molar-refractivity contribution in [1.82, 2.24) is 9.88 Å². The highest BCUT2D eigenvalue weighted by Gasteiger charge is 2.05. The topological polar surface area (TPSA) is 42.2 Å². The molecule has 3 nitrogen and oxygen atoms in total. The van der Waals surface area contributed by atoms with E-state index < -0.39 is 0 Å². The largest absolute Gasteiger partial charge is 0.398 e. The van der Waals surface area contributed by atoms with Gasteiger partial charge in [0.1, 0.15) is 0 Å². The fourth-order valence-electron chi connectivity index (χ4n) is 1.93. The fraction of sp³-hybridized carbons (Fsp3) is 0.267. The number of hydrogen-bond acceptors (Lipinski definition) is 3. The van der Waals surface area contributed by atoms with E-state index in [0.717, 1.165) is 36.5 Å². The monoisotopic (exact) mass is 275 g/mol. The van der Waals surface area contributed by atoms with Crippen LogP contribution in [-0.4, -0.2) is 23.5 Å². The number of nitrogens with two attached hydrogens (primary N) is 1. The number of halogens is 1. The standard InChI is InChI=1S/C15H18ClN3/c1-19(9-7-14-4-2-3-8-18-14)11-12-5-6-13(16)10-15(12)17/h2-6,8,10H,7,9,11,17H2,1H3. The molecule has 0 radical (unpaired) electrons. The summed E-state index contributed by atoms with van der Waals surface area (Å²) >= 11 is 5.89. The summed E-state index contributed by atoms with van der Waals surface area (Å²) in [4.78, 5) is 6.55. The van der Waals surface area contributed by atoms with Crippen LogP contribution in [0.15, 0.2) is 42.6 Å². The molecule has 0 aliphatic carbocycles. The number of nitrogen functional groups attached to an aromatic ring is 1. The van der Waals surface area contributed by atoms with Crippen LogP contribution in [0, 0.1) is 0 Å². The lowest BCUT2D eigenvalue weighted by Crippen LogP contribution is -2.21. The molecule has 0 unspecified atom stereocenters. The van der Waals surface area contributed by atoms with Gasteiger partial charge in [0.15, 0.2) is 0 Å². The number of aromatic nitrogens is 1. The molecule has 0 amide bonds. The first-order valence-corrected chi connectivity index (χ1v) is 6.65. The molecule has 0 spiro atoms. The van der Waals surface area contributed by atoms with Crippen LogP contribution < -0.4 is 5.73 Å². The van der Waals surface area contributed by atoms with E-state index in [0.29, 0.717) is 5.02 Å². The summed E-state index contributed by atoms with van der Waals surface area (Å²) in [6, 6.07) is 11.6. The molecule has 0 saturated carbocycles. The smallest absolute Gasteiger partial charge is 0.0426 e. The molecule has 2 aromatic rings. The average Bonchev–Trinajstić information content (AvgIpc) is 2.41. The molecule has 4 heteroatoms. The summed E-state index contributed by atoms with van der Waals surface area (Å²) in [6.45, 7) is 1.76. The van der Waals surface area contributed by atoms with E-state index in [1.54, 1.807) is 6.07 Å². The third-order valence-electron chi connectivity index (χ3n) is 3.02. The van der Waals surface area contributed by atoms with Crippen molar-refractivity contribution < 1.29 is 0 Å². The average molecular weight is 276 g/mol. The van der Waals surface area contributed by atoms with Gasteiger partial charge in [-0.3, -0.25) is 4.98 Å². The van der Waals surface area contributed by atoms with Gasteiger partial charge in [-0.15, -0.1) is 0 Å². The Morgan fingerprint density at radius 3 is 2.79 bits per heavy atom. The Balaban J connectivity index is 1.89. The van der Waals surface area contributed by atoms with Gasteiger partial charge < -0.3 is 10.6 Å². The molecule has 2 N–H and O–H groups in total. The summed E-state index contributed by atoms with van der Waals surface area (Å²) in [5.74, 6) is 0. The number of nitrogens with zero attached hydrogens (tertiary/aromatic N) is 2. The van der Waals surface area contributed by atoms with E-state index in [2.05, 4.69) is 16.9 Å². The second-order valence-electron chi connectivity index (χ2n) is 4.65. The molecule has 0 atom stereocenters. The molecule has 100 valence electrons. The lowest BCUT2D eigenvalue weighted by Gasteiger charge is -2.17. The van der Waals surface area contributed by atoms with Crippen LogP contribution in [0.1, 0.15) is 11.3 Å². The zero-order valence-electron chi connectivity index (χ0n) is 11.0. The van der Waals surface area contributed by atoms with Crippen LogP contribution in [0.25, 0.3) is 0 Å². The molecule has 0 aliphatic rings. The second-order valence-corrected chi connectivity index (χ2v) is 5.09. The molecule has 1 aromatic carbocycles. The summed E-state index contributed by atoms with van der Waals surface area (Å²) in [5, 5.41) is 0.678. The van der Waals surface area contributed by atoms with Crippen LogP contribution in [0.3, 0.4) is 0 Å². The molecule has 0 aliphatic heterocycles. The molecular weight excluding hydrogens is 258 g/mol. The van der Waals surface area contributed by atoms with Crippen LogP contribution in [-0.2, 0) is 13.0 Å². The van der Waals surface area contributed by atoms with Crippen LogP contribution in [0.4, 0.5) is 5.69 Å². The molecule has 0 fully saturated rings.